The van der Waals surface area contributed by atoms with Gasteiger partial charge >= 0.3 is 35.5 Å². The molecule has 1 aliphatic heterocycles. The molecule has 0 aromatic heterocycles. The molecule has 0 radical (unpaired) electrons. The van der Waals surface area contributed by atoms with Crippen molar-refractivity contribution in [2.24, 2.45) is 0 Å². The second kappa shape index (κ2) is 3.47. The summed E-state index contributed by atoms with van der Waals surface area (Å²) in [5.74, 6) is -0.0463. The molecule has 36 valence electrons. The van der Waals surface area contributed by atoms with Gasteiger partial charge in [-0.2, -0.15) is 0 Å². The molecule has 1 rings (SSSR count). The predicted molar refractivity (Wildman–Crippen MR) is 21.3 cm³/mol. The summed E-state index contributed by atoms with van der Waals surface area (Å²) in [6.07, 6.45) is 1.54. The summed E-state index contributed by atoms with van der Waals surface area (Å²) in [4.78, 5) is 10.0. The van der Waals surface area contributed by atoms with E-state index in [0.29, 0.717) is 13.0 Å². The number of rotatable bonds is 0. The van der Waals surface area contributed by atoms with Gasteiger partial charge in [0.15, 0.2) is 0 Å². The summed E-state index contributed by atoms with van der Waals surface area (Å²) in [6, 6.07) is 0. The molecular weight excluding hydrogens is 103 g/mol. The zero-order valence-electron chi connectivity index (χ0n) is 5.44. The quantitative estimate of drug-likeness (QED) is 0.253. The predicted octanol–water partition coefficient (Wildman–Crippen LogP) is -2.56. The van der Waals surface area contributed by atoms with Crippen LogP contribution in [0.5, 0.6) is 0 Å². The standard InChI is InChI=1S/C4H6O2.Na.H/c5-4-2-1-3-6-4;;/h1-3H2;;/q;+1;-1. The van der Waals surface area contributed by atoms with Gasteiger partial charge in [-0.25, -0.2) is 0 Å². The smallest absolute Gasteiger partial charge is 1.00 e. The number of hydrogen-bond acceptors (Lipinski definition) is 2. The maximum Gasteiger partial charge on any atom is 1.00 e. The Bertz CT molecular complexity index is 68.4. The molecule has 0 aliphatic carbocycles. The molecule has 0 aromatic carbocycles. The summed E-state index contributed by atoms with van der Waals surface area (Å²) >= 11 is 0. The molecule has 0 spiro atoms. The van der Waals surface area contributed by atoms with Crippen LogP contribution in [-0.4, -0.2) is 12.6 Å². The van der Waals surface area contributed by atoms with Crippen LogP contribution in [0.15, 0.2) is 0 Å². The molecule has 1 fully saturated rings. The average molecular weight is 110 g/mol. The first-order valence-corrected chi connectivity index (χ1v) is 2.05. The van der Waals surface area contributed by atoms with E-state index < -0.39 is 0 Å². The number of ether oxygens (including phenoxy) is 1. The number of carbonyl (C=O) groups is 1. The Labute approximate surface area is 66.0 Å². The number of esters is 1. The van der Waals surface area contributed by atoms with E-state index in [-0.39, 0.29) is 37.0 Å². The summed E-state index contributed by atoms with van der Waals surface area (Å²) in [5.41, 5.74) is 0. The van der Waals surface area contributed by atoms with E-state index >= 15 is 0 Å². The maximum absolute atomic E-state index is 10.0. The van der Waals surface area contributed by atoms with Crippen molar-refractivity contribution in [1.29, 1.82) is 0 Å². The van der Waals surface area contributed by atoms with Crippen molar-refractivity contribution >= 4 is 5.97 Å². The van der Waals surface area contributed by atoms with Gasteiger partial charge < -0.3 is 6.16 Å². The van der Waals surface area contributed by atoms with Crippen LogP contribution in [0.2, 0.25) is 0 Å². The molecule has 1 aliphatic rings. The molecule has 7 heavy (non-hydrogen) atoms. The number of hydrogen-bond donors (Lipinski definition) is 0. The van der Waals surface area contributed by atoms with Crippen molar-refractivity contribution in [3.63, 3.8) is 0 Å². The molecule has 0 aromatic rings. The molecule has 0 N–H and O–H groups in total. The van der Waals surface area contributed by atoms with Crippen molar-refractivity contribution in [2.45, 2.75) is 12.8 Å². The summed E-state index contributed by atoms with van der Waals surface area (Å²) in [7, 11) is 0. The maximum atomic E-state index is 10.0. The van der Waals surface area contributed by atoms with Gasteiger partial charge in [0.1, 0.15) is 0 Å². The Morgan fingerprint density at radius 3 is 2.57 bits per heavy atom. The first kappa shape index (κ1) is 7.47. The van der Waals surface area contributed by atoms with E-state index in [2.05, 4.69) is 4.74 Å². The molecule has 0 unspecified atom stereocenters. The SMILES string of the molecule is O=C1CCCO1.[H-].[Na+]. The summed E-state index contributed by atoms with van der Waals surface area (Å²) in [6.45, 7) is 0.638. The second-order valence-corrected chi connectivity index (χ2v) is 1.32. The van der Waals surface area contributed by atoms with Crippen LogP contribution >= 0.6 is 0 Å². The second-order valence-electron chi connectivity index (χ2n) is 1.32. The van der Waals surface area contributed by atoms with Gasteiger partial charge in [-0.05, 0) is 6.42 Å². The molecule has 0 amide bonds. The normalized spacial score (nSPS) is 18.0. The van der Waals surface area contributed by atoms with Crippen molar-refractivity contribution < 1.29 is 40.5 Å². The Morgan fingerprint density at radius 2 is 2.43 bits per heavy atom. The fourth-order valence-corrected chi connectivity index (χ4v) is 0.475. The largest absolute Gasteiger partial charge is 1.00 e. The van der Waals surface area contributed by atoms with E-state index in [4.69, 9.17) is 0 Å². The van der Waals surface area contributed by atoms with E-state index in [9.17, 15) is 4.79 Å². The molecule has 0 atom stereocenters. The average Bonchev–Trinajstić information content (AvgIpc) is 1.86. The third kappa shape index (κ3) is 2.32. The van der Waals surface area contributed by atoms with Crippen LogP contribution in [0.4, 0.5) is 0 Å². The molecule has 1 saturated heterocycles. The molecule has 2 nitrogen and oxygen atoms in total. The van der Waals surface area contributed by atoms with Crippen LogP contribution in [0.1, 0.15) is 14.3 Å². The fraction of sp³-hybridized carbons (Fsp3) is 0.750. The van der Waals surface area contributed by atoms with Crippen LogP contribution in [-0.2, 0) is 9.53 Å². The summed E-state index contributed by atoms with van der Waals surface area (Å²) in [5, 5.41) is 0. The molecule has 0 bridgehead atoms. The number of cyclic esters (lactones) is 1. The Morgan fingerprint density at radius 1 is 1.71 bits per heavy atom. The third-order valence-electron chi connectivity index (χ3n) is 0.788. The first-order chi connectivity index (χ1) is 2.89. The first-order valence-electron chi connectivity index (χ1n) is 2.05. The van der Waals surface area contributed by atoms with Crippen LogP contribution < -0.4 is 29.6 Å². The van der Waals surface area contributed by atoms with Gasteiger partial charge in [0.2, 0.25) is 0 Å². The number of carbonyl (C=O) groups excluding carboxylic acids is 1. The summed E-state index contributed by atoms with van der Waals surface area (Å²) < 4.78 is 4.51. The molecular formula is C4H7NaO2. The van der Waals surface area contributed by atoms with Crippen LogP contribution in [0.25, 0.3) is 0 Å². The van der Waals surface area contributed by atoms with Crippen LogP contribution in [0, 0.1) is 0 Å². The van der Waals surface area contributed by atoms with Crippen LogP contribution in [0.3, 0.4) is 0 Å². The van der Waals surface area contributed by atoms with Crippen molar-refractivity contribution in [3.8, 4) is 0 Å². The van der Waals surface area contributed by atoms with E-state index in [0.717, 1.165) is 6.42 Å². The molecule has 0 saturated carbocycles. The van der Waals surface area contributed by atoms with Gasteiger partial charge in [0.25, 0.3) is 0 Å². The Balaban J connectivity index is 0. The topological polar surface area (TPSA) is 26.3 Å². The van der Waals surface area contributed by atoms with E-state index in [1.54, 1.807) is 0 Å². The van der Waals surface area contributed by atoms with Gasteiger partial charge in [-0.15, -0.1) is 0 Å². The van der Waals surface area contributed by atoms with Crippen molar-refractivity contribution in [3.05, 3.63) is 0 Å². The zero-order valence-corrected chi connectivity index (χ0v) is 6.44. The Hall–Kier alpha value is 0.470. The third-order valence-corrected chi connectivity index (χ3v) is 0.788. The van der Waals surface area contributed by atoms with Gasteiger partial charge in [0.05, 0.1) is 6.61 Å². The zero-order chi connectivity index (χ0) is 4.41. The van der Waals surface area contributed by atoms with E-state index in [1.165, 1.54) is 0 Å². The Kier molecular flexibility index (Phi) is 3.70. The minimum absolute atomic E-state index is 0. The minimum Gasteiger partial charge on any atom is -1.00 e. The van der Waals surface area contributed by atoms with E-state index in [1.807, 2.05) is 0 Å². The minimum atomic E-state index is -0.0463. The van der Waals surface area contributed by atoms with Gasteiger partial charge in [0, 0.05) is 6.42 Å². The van der Waals surface area contributed by atoms with Gasteiger partial charge in [-0.1, -0.05) is 0 Å². The molecule has 3 heteroatoms. The fourth-order valence-electron chi connectivity index (χ4n) is 0.475. The monoisotopic (exact) mass is 110 g/mol. The van der Waals surface area contributed by atoms with Crippen molar-refractivity contribution in [1.82, 2.24) is 0 Å². The molecule has 1 heterocycles. The van der Waals surface area contributed by atoms with Gasteiger partial charge in [-0.3, -0.25) is 4.79 Å². The van der Waals surface area contributed by atoms with Crippen molar-refractivity contribution in [2.75, 3.05) is 6.61 Å².